The van der Waals surface area contributed by atoms with Gasteiger partial charge in [-0.3, -0.25) is 4.79 Å². The van der Waals surface area contributed by atoms with Gasteiger partial charge in [0.15, 0.2) is 0 Å². The summed E-state index contributed by atoms with van der Waals surface area (Å²) in [4.78, 5) is 18.2. The molecule has 4 heteroatoms. The molecule has 0 spiro atoms. The van der Waals surface area contributed by atoms with E-state index in [0.717, 1.165) is 19.5 Å². The van der Waals surface area contributed by atoms with Crippen LogP contribution in [-0.2, 0) is 0 Å². The SMILES string of the molecule is CC1(C)CCCN(C(=O)c2cccc(N)n2)C1. The van der Waals surface area contributed by atoms with Gasteiger partial charge >= 0.3 is 0 Å². The Labute approximate surface area is 102 Å². The summed E-state index contributed by atoms with van der Waals surface area (Å²) < 4.78 is 0. The van der Waals surface area contributed by atoms with Crippen molar-refractivity contribution in [2.75, 3.05) is 18.8 Å². The summed E-state index contributed by atoms with van der Waals surface area (Å²) in [5, 5.41) is 0. The van der Waals surface area contributed by atoms with Gasteiger partial charge in [-0.15, -0.1) is 0 Å². The zero-order valence-corrected chi connectivity index (χ0v) is 10.4. The van der Waals surface area contributed by atoms with Crippen LogP contribution in [-0.4, -0.2) is 28.9 Å². The van der Waals surface area contributed by atoms with Gasteiger partial charge in [-0.2, -0.15) is 0 Å². The summed E-state index contributed by atoms with van der Waals surface area (Å²) in [5.41, 5.74) is 6.25. The highest BCUT2D eigenvalue weighted by molar-refractivity contribution is 5.92. The van der Waals surface area contributed by atoms with Gasteiger partial charge in [0.2, 0.25) is 0 Å². The second kappa shape index (κ2) is 4.35. The van der Waals surface area contributed by atoms with E-state index < -0.39 is 0 Å². The molecule has 0 bridgehead atoms. The molecule has 17 heavy (non-hydrogen) atoms. The van der Waals surface area contributed by atoms with Crippen LogP contribution in [0.15, 0.2) is 18.2 Å². The van der Waals surface area contributed by atoms with Crippen LogP contribution in [0, 0.1) is 5.41 Å². The lowest BCUT2D eigenvalue weighted by Crippen LogP contribution is -2.43. The van der Waals surface area contributed by atoms with Crippen molar-refractivity contribution in [2.24, 2.45) is 5.41 Å². The fourth-order valence-corrected chi connectivity index (χ4v) is 2.33. The standard InChI is InChI=1S/C13H19N3O/c1-13(2)7-4-8-16(9-13)12(17)10-5-3-6-11(14)15-10/h3,5-6H,4,7-9H2,1-2H3,(H2,14,15). The van der Waals surface area contributed by atoms with Crippen LogP contribution in [0.4, 0.5) is 5.82 Å². The maximum atomic E-state index is 12.2. The molecule has 1 aliphatic heterocycles. The number of amides is 1. The first-order valence-electron chi connectivity index (χ1n) is 6.00. The predicted octanol–water partition coefficient (Wildman–Crippen LogP) is 1.93. The molecule has 1 aromatic rings. The minimum Gasteiger partial charge on any atom is -0.384 e. The summed E-state index contributed by atoms with van der Waals surface area (Å²) in [5.74, 6) is 0.386. The highest BCUT2D eigenvalue weighted by atomic mass is 16.2. The molecule has 1 saturated heterocycles. The van der Waals surface area contributed by atoms with Crippen molar-refractivity contribution >= 4 is 11.7 Å². The summed E-state index contributed by atoms with van der Waals surface area (Å²) >= 11 is 0. The first kappa shape index (κ1) is 11.9. The highest BCUT2D eigenvalue weighted by Gasteiger charge is 2.29. The molecule has 4 nitrogen and oxygen atoms in total. The van der Waals surface area contributed by atoms with Gasteiger partial charge in [-0.1, -0.05) is 19.9 Å². The van der Waals surface area contributed by atoms with Gasteiger partial charge in [0.05, 0.1) is 0 Å². The van der Waals surface area contributed by atoms with Crippen LogP contribution in [0.3, 0.4) is 0 Å². The average Bonchev–Trinajstić information content (AvgIpc) is 2.26. The molecule has 1 amide bonds. The zero-order chi connectivity index (χ0) is 12.5. The number of hydrogen-bond acceptors (Lipinski definition) is 3. The van der Waals surface area contributed by atoms with E-state index in [4.69, 9.17) is 5.73 Å². The number of rotatable bonds is 1. The second-order valence-corrected chi connectivity index (χ2v) is 5.44. The van der Waals surface area contributed by atoms with Gasteiger partial charge in [-0.05, 0) is 30.4 Å². The maximum absolute atomic E-state index is 12.2. The van der Waals surface area contributed by atoms with E-state index in [-0.39, 0.29) is 11.3 Å². The molecule has 1 aromatic heterocycles. The van der Waals surface area contributed by atoms with Crippen molar-refractivity contribution in [3.8, 4) is 0 Å². The quantitative estimate of drug-likeness (QED) is 0.806. The molecule has 0 aliphatic carbocycles. The van der Waals surface area contributed by atoms with Crippen LogP contribution in [0.1, 0.15) is 37.2 Å². The van der Waals surface area contributed by atoms with Gasteiger partial charge in [0, 0.05) is 13.1 Å². The lowest BCUT2D eigenvalue weighted by Gasteiger charge is -2.37. The van der Waals surface area contributed by atoms with Crippen molar-refractivity contribution in [1.29, 1.82) is 0 Å². The lowest BCUT2D eigenvalue weighted by atomic mass is 9.84. The van der Waals surface area contributed by atoms with E-state index in [0.29, 0.717) is 11.5 Å². The van der Waals surface area contributed by atoms with E-state index >= 15 is 0 Å². The number of carbonyl (C=O) groups excluding carboxylic acids is 1. The predicted molar refractivity (Wildman–Crippen MR) is 67.6 cm³/mol. The smallest absolute Gasteiger partial charge is 0.272 e. The lowest BCUT2D eigenvalue weighted by molar-refractivity contribution is 0.0578. The first-order valence-corrected chi connectivity index (χ1v) is 6.00. The number of anilines is 1. The van der Waals surface area contributed by atoms with E-state index in [1.165, 1.54) is 6.42 Å². The van der Waals surface area contributed by atoms with Crippen molar-refractivity contribution < 1.29 is 4.79 Å². The topological polar surface area (TPSA) is 59.2 Å². The van der Waals surface area contributed by atoms with E-state index in [2.05, 4.69) is 18.8 Å². The Bertz CT molecular complexity index is 428. The number of carbonyl (C=O) groups is 1. The summed E-state index contributed by atoms with van der Waals surface area (Å²) in [6.45, 7) is 6.00. The minimum atomic E-state index is -0.00919. The fourth-order valence-electron chi connectivity index (χ4n) is 2.33. The molecular weight excluding hydrogens is 214 g/mol. The molecule has 2 N–H and O–H groups in total. The fraction of sp³-hybridized carbons (Fsp3) is 0.538. The average molecular weight is 233 g/mol. The molecule has 0 atom stereocenters. The molecule has 1 fully saturated rings. The van der Waals surface area contributed by atoms with Crippen LogP contribution in [0.25, 0.3) is 0 Å². The normalized spacial score (nSPS) is 19.1. The van der Waals surface area contributed by atoms with Crippen molar-refractivity contribution in [1.82, 2.24) is 9.88 Å². The van der Waals surface area contributed by atoms with Gasteiger partial charge < -0.3 is 10.6 Å². The number of nitrogens with two attached hydrogens (primary N) is 1. The third-order valence-electron chi connectivity index (χ3n) is 3.18. The molecule has 0 radical (unpaired) electrons. The van der Waals surface area contributed by atoms with Crippen molar-refractivity contribution in [3.05, 3.63) is 23.9 Å². The Morgan fingerprint density at radius 2 is 2.24 bits per heavy atom. The number of hydrogen-bond donors (Lipinski definition) is 1. The number of nitrogens with zero attached hydrogens (tertiary/aromatic N) is 2. The van der Waals surface area contributed by atoms with Crippen LogP contribution < -0.4 is 5.73 Å². The maximum Gasteiger partial charge on any atom is 0.272 e. The summed E-state index contributed by atoms with van der Waals surface area (Å²) in [6.07, 6.45) is 2.22. The summed E-state index contributed by atoms with van der Waals surface area (Å²) in [6, 6.07) is 5.18. The van der Waals surface area contributed by atoms with E-state index in [1.807, 2.05) is 4.90 Å². The number of likely N-dealkylation sites (tertiary alicyclic amines) is 1. The Morgan fingerprint density at radius 3 is 2.88 bits per heavy atom. The first-order chi connectivity index (χ1) is 7.98. The number of aromatic nitrogens is 1. The Hall–Kier alpha value is -1.58. The monoisotopic (exact) mass is 233 g/mol. The summed E-state index contributed by atoms with van der Waals surface area (Å²) in [7, 11) is 0. The number of pyridine rings is 1. The Balaban J connectivity index is 2.15. The molecule has 2 heterocycles. The van der Waals surface area contributed by atoms with Crippen LogP contribution >= 0.6 is 0 Å². The van der Waals surface area contributed by atoms with Crippen molar-refractivity contribution in [3.63, 3.8) is 0 Å². The number of nitrogen functional groups attached to an aromatic ring is 1. The van der Waals surface area contributed by atoms with E-state index in [9.17, 15) is 4.79 Å². The third-order valence-corrected chi connectivity index (χ3v) is 3.18. The molecule has 92 valence electrons. The van der Waals surface area contributed by atoms with Crippen LogP contribution in [0.2, 0.25) is 0 Å². The van der Waals surface area contributed by atoms with E-state index in [1.54, 1.807) is 18.2 Å². The van der Waals surface area contributed by atoms with Crippen LogP contribution in [0.5, 0.6) is 0 Å². The van der Waals surface area contributed by atoms with Gasteiger partial charge in [0.25, 0.3) is 5.91 Å². The molecule has 1 aliphatic rings. The Kier molecular flexibility index (Phi) is 3.05. The number of piperidine rings is 1. The molecule has 2 rings (SSSR count). The molecule has 0 unspecified atom stereocenters. The highest BCUT2D eigenvalue weighted by Crippen LogP contribution is 2.29. The zero-order valence-electron chi connectivity index (χ0n) is 10.4. The largest absolute Gasteiger partial charge is 0.384 e. The molecule has 0 saturated carbocycles. The third kappa shape index (κ3) is 2.75. The van der Waals surface area contributed by atoms with Gasteiger partial charge in [0.1, 0.15) is 11.5 Å². The molecule has 0 aromatic carbocycles. The minimum absolute atomic E-state index is 0.00919. The van der Waals surface area contributed by atoms with Crippen molar-refractivity contribution in [2.45, 2.75) is 26.7 Å². The molecular formula is C13H19N3O. The Morgan fingerprint density at radius 1 is 1.47 bits per heavy atom. The van der Waals surface area contributed by atoms with Gasteiger partial charge in [-0.25, -0.2) is 4.98 Å². The second-order valence-electron chi connectivity index (χ2n) is 5.44.